The zero-order valence-electron chi connectivity index (χ0n) is 18.7. The summed E-state index contributed by atoms with van der Waals surface area (Å²) in [4.78, 5) is 16.4. The highest BCUT2D eigenvalue weighted by Gasteiger charge is 2.20. The zero-order chi connectivity index (χ0) is 22.3. The summed E-state index contributed by atoms with van der Waals surface area (Å²) in [6.07, 6.45) is 3.98. The van der Waals surface area contributed by atoms with Crippen molar-refractivity contribution < 1.29 is 4.79 Å². The average molecular weight is 470 g/mol. The van der Waals surface area contributed by atoms with Crippen LogP contribution >= 0.6 is 23.1 Å². The topological polar surface area (TPSA) is 63.1 Å². The average Bonchev–Trinajstić information content (AvgIpc) is 3.49. The minimum absolute atomic E-state index is 0.0562. The molecule has 1 N–H and O–H groups in total. The van der Waals surface area contributed by atoms with Crippen molar-refractivity contribution in [1.82, 2.24) is 25.0 Å². The van der Waals surface area contributed by atoms with Crippen molar-refractivity contribution in [3.8, 4) is 5.69 Å². The molecule has 1 aliphatic heterocycles. The fraction of sp³-hybridized carbons (Fsp3) is 0.458. The van der Waals surface area contributed by atoms with Crippen molar-refractivity contribution in [2.45, 2.75) is 44.3 Å². The highest BCUT2D eigenvalue weighted by Crippen LogP contribution is 2.23. The number of thiophene rings is 1. The Kier molecular flexibility index (Phi) is 8.00. The first-order chi connectivity index (χ1) is 15.6. The molecule has 1 amide bonds. The molecule has 2 aromatic heterocycles. The monoisotopic (exact) mass is 469 g/mol. The summed E-state index contributed by atoms with van der Waals surface area (Å²) >= 11 is 3.25. The summed E-state index contributed by atoms with van der Waals surface area (Å²) in [5, 5.41) is 14.2. The smallest absolute Gasteiger partial charge is 0.230 e. The summed E-state index contributed by atoms with van der Waals surface area (Å²) in [7, 11) is 0. The molecule has 1 aromatic carbocycles. The van der Waals surface area contributed by atoms with Gasteiger partial charge in [-0.05, 0) is 66.9 Å². The minimum Gasteiger partial charge on any atom is -0.355 e. The van der Waals surface area contributed by atoms with E-state index in [1.165, 1.54) is 22.2 Å². The Hall–Kier alpha value is -2.16. The van der Waals surface area contributed by atoms with Gasteiger partial charge in [0.2, 0.25) is 5.91 Å². The molecule has 0 radical (unpaired) electrons. The fourth-order valence-corrected chi connectivity index (χ4v) is 5.44. The molecule has 170 valence electrons. The van der Waals surface area contributed by atoms with Gasteiger partial charge in [0, 0.05) is 23.7 Å². The molecule has 0 aliphatic carbocycles. The van der Waals surface area contributed by atoms with Gasteiger partial charge >= 0.3 is 0 Å². The maximum absolute atomic E-state index is 12.4. The third kappa shape index (κ3) is 6.21. The molecule has 6 nitrogen and oxygen atoms in total. The number of carbonyl (C=O) groups excluding carboxylic acids is 1. The zero-order valence-corrected chi connectivity index (χ0v) is 20.4. The number of thioether (sulfide) groups is 1. The predicted molar refractivity (Wildman–Crippen MR) is 132 cm³/mol. The Morgan fingerprint density at radius 1 is 1.22 bits per heavy atom. The van der Waals surface area contributed by atoms with E-state index in [9.17, 15) is 4.79 Å². The summed E-state index contributed by atoms with van der Waals surface area (Å²) < 4.78 is 1.94. The molecule has 0 atom stereocenters. The third-order valence-corrected chi connectivity index (χ3v) is 7.75. The van der Waals surface area contributed by atoms with Gasteiger partial charge in [0.05, 0.1) is 5.75 Å². The van der Waals surface area contributed by atoms with Crippen molar-refractivity contribution in [3.05, 3.63) is 58.5 Å². The second-order valence-electron chi connectivity index (χ2n) is 8.62. The molecule has 0 spiro atoms. The van der Waals surface area contributed by atoms with Crippen LogP contribution in [-0.4, -0.2) is 51.0 Å². The van der Waals surface area contributed by atoms with Crippen LogP contribution in [0.5, 0.6) is 0 Å². The first kappa shape index (κ1) is 23.0. The fourth-order valence-electron chi connectivity index (χ4n) is 3.93. The molecule has 3 aromatic rings. The van der Waals surface area contributed by atoms with Crippen LogP contribution in [0.1, 0.15) is 43.0 Å². The van der Waals surface area contributed by atoms with Gasteiger partial charge in [-0.25, -0.2) is 0 Å². The molecule has 1 aliphatic rings. The number of nitrogens with zero attached hydrogens (tertiary/aromatic N) is 4. The SMILES string of the molecule is CC(C)c1ccc(-n2cnnc2SCC(=O)NCC2CCN(Cc3cccs3)CC2)cc1. The van der Waals surface area contributed by atoms with E-state index in [1.807, 2.05) is 15.9 Å². The third-order valence-electron chi connectivity index (χ3n) is 5.94. The Morgan fingerprint density at radius 2 is 2.00 bits per heavy atom. The van der Waals surface area contributed by atoms with Crippen molar-refractivity contribution in [3.63, 3.8) is 0 Å². The van der Waals surface area contributed by atoms with Crippen LogP contribution < -0.4 is 5.32 Å². The van der Waals surface area contributed by atoms with Crippen LogP contribution in [-0.2, 0) is 11.3 Å². The Bertz CT molecular complexity index is 976. The Balaban J connectivity index is 1.19. The molecular weight excluding hydrogens is 438 g/mol. The van der Waals surface area contributed by atoms with Gasteiger partial charge in [0.1, 0.15) is 6.33 Å². The maximum atomic E-state index is 12.4. The number of rotatable bonds is 9. The molecule has 3 heterocycles. The van der Waals surface area contributed by atoms with E-state index in [0.29, 0.717) is 17.6 Å². The van der Waals surface area contributed by atoms with E-state index in [-0.39, 0.29) is 5.91 Å². The van der Waals surface area contributed by atoms with Crippen molar-refractivity contribution in [2.75, 3.05) is 25.4 Å². The lowest BCUT2D eigenvalue weighted by molar-refractivity contribution is -0.118. The van der Waals surface area contributed by atoms with E-state index in [0.717, 1.165) is 49.9 Å². The second-order valence-corrected chi connectivity index (χ2v) is 10.6. The van der Waals surface area contributed by atoms with Gasteiger partial charge in [0.25, 0.3) is 0 Å². The summed E-state index contributed by atoms with van der Waals surface area (Å²) in [6.45, 7) is 8.38. The van der Waals surface area contributed by atoms with Crippen molar-refractivity contribution >= 4 is 29.0 Å². The molecule has 0 saturated carbocycles. The number of nitrogens with one attached hydrogen (secondary N) is 1. The highest BCUT2D eigenvalue weighted by molar-refractivity contribution is 7.99. The molecule has 32 heavy (non-hydrogen) atoms. The van der Waals surface area contributed by atoms with Gasteiger partial charge in [-0.2, -0.15) is 0 Å². The number of hydrogen-bond donors (Lipinski definition) is 1. The van der Waals surface area contributed by atoms with Crippen LogP contribution in [0.2, 0.25) is 0 Å². The Morgan fingerprint density at radius 3 is 2.69 bits per heavy atom. The van der Waals surface area contributed by atoms with Crippen LogP contribution in [0.15, 0.2) is 53.3 Å². The van der Waals surface area contributed by atoms with E-state index < -0.39 is 0 Å². The molecule has 8 heteroatoms. The lowest BCUT2D eigenvalue weighted by atomic mass is 9.97. The van der Waals surface area contributed by atoms with E-state index >= 15 is 0 Å². The Labute approximate surface area is 198 Å². The first-order valence-corrected chi connectivity index (χ1v) is 13.1. The second kappa shape index (κ2) is 11.1. The standard InChI is InChI=1S/C24H31N5OS2/c1-18(2)20-5-7-21(8-6-20)29-17-26-27-24(29)32-16-23(30)25-14-19-9-11-28(12-10-19)15-22-4-3-13-31-22/h3-8,13,17-19H,9-12,14-16H2,1-2H3,(H,25,30). The van der Waals surface area contributed by atoms with Crippen molar-refractivity contribution in [1.29, 1.82) is 0 Å². The molecule has 0 bridgehead atoms. The number of hydrogen-bond acceptors (Lipinski definition) is 6. The molecule has 1 fully saturated rings. The van der Waals surface area contributed by atoms with Crippen LogP contribution in [0.3, 0.4) is 0 Å². The number of amides is 1. The lowest BCUT2D eigenvalue weighted by Gasteiger charge is -2.31. The minimum atomic E-state index is 0.0562. The van der Waals surface area contributed by atoms with Crippen LogP contribution in [0, 0.1) is 5.92 Å². The highest BCUT2D eigenvalue weighted by atomic mass is 32.2. The number of aromatic nitrogens is 3. The van der Waals surface area contributed by atoms with Crippen LogP contribution in [0.4, 0.5) is 0 Å². The van der Waals surface area contributed by atoms with Gasteiger partial charge in [-0.15, -0.1) is 21.5 Å². The largest absolute Gasteiger partial charge is 0.355 e. The van der Waals surface area contributed by atoms with E-state index in [2.05, 4.69) is 76.0 Å². The van der Waals surface area contributed by atoms with Crippen LogP contribution in [0.25, 0.3) is 5.69 Å². The molecular formula is C24H31N5OS2. The number of benzene rings is 1. The first-order valence-electron chi connectivity index (χ1n) is 11.2. The quantitative estimate of drug-likeness (QED) is 0.465. The van der Waals surface area contributed by atoms with E-state index in [4.69, 9.17) is 0 Å². The van der Waals surface area contributed by atoms with Gasteiger partial charge in [-0.1, -0.05) is 43.8 Å². The van der Waals surface area contributed by atoms with Gasteiger partial charge in [0.15, 0.2) is 5.16 Å². The van der Waals surface area contributed by atoms with E-state index in [1.54, 1.807) is 6.33 Å². The van der Waals surface area contributed by atoms with Gasteiger partial charge in [-0.3, -0.25) is 14.3 Å². The number of piperidine rings is 1. The van der Waals surface area contributed by atoms with Crippen molar-refractivity contribution in [2.24, 2.45) is 5.92 Å². The summed E-state index contributed by atoms with van der Waals surface area (Å²) in [5.74, 6) is 1.46. The maximum Gasteiger partial charge on any atom is 0.230 e. The number of likely N-dealkylation sites (tertiary alicyclic amines) is 1. The lowest BCUT2D eigenvalue weighted by Crippen LogP contribution is -2.38. The predicted octanol–water partition coefficient (Wildman–Crippen LogP) is 4.57. The summed E-state index contributed by atoms with van der Waals surface area (Å²) in [5.41, 5.74) is 2.31. The number of carbonyl (C=O) groups is 1. The molecule has 4 rings (SSSR count). The normalized spacial score (nSPS) is 15.3. The van der Waals surface area contributed by atoms with Gasteiger partial charge < -0.3 is 5.32 Å². The molecule has 0 unspecified atom stereocenters. The summed E-state index contributed by atoms with van der Waals surface area (Å²) in [6, 6.07) is 12.7. The molecule has 1 saturated heterocycles.